The van der Waals surface area contributed by atoms with Crippen LogP contribution in [0, 0.1) is 0 Å². The van der Waals surface area contributed by atoms with Gasteiger partial charge in [0.05, 0.1) is 0 Å². The maximum atomic E-state index is 11.7. The molecular formula is C18H28N2O4. The van der Waals surface area contributed by atoms with Crippen molar-refractivity contribution in [3.8, 4) is 0 Å². The van der Waals surface area contributed by atoms with E-state index in [4.69, 9.17) is 0 Å². The van der Waals surface area contributed by atoms with Crippen molar-refractivity contribution < 1.29 is 19.2 Å². The number of nitrogens with one attached hydrogen (secondary N) is 1. The van der Waals surface area contributed by atoms with Gasteiger partial charge in [0, 0.05) is 38.1 Å². The molecule has 0 aromatic rings. The number of unbranched alkanes of at least 4 members (excludes halogenated alkanes) is 8. The van der Waals surface area contributed by atoms with Crippen molar-refractivity contribution in [2.45, 2.75) is 64.2 Å². The van der Waals surface area contributed by atoms with Crippen LogP contribution in [0.3, 0.4) is 0 Å². The molecule has 0 radical (unpaired) electrons. The summed E-state index contributed by atoms with van der Waals surface area (Å²) in [6, 6.07) is 0. The van der Waals surface area contributed by atoms with Crippen LogP contribution in [-0.2, 0) is 19.2 Å². The second kappa shape index (κ2) is 12.4. The Bertz CT molecular complexity index is 442. The molecule has 1 rings (SSSR count). The predicted octanol–water partition coefficient (Wildman–Crippen LogP) is 2.13. The van der Waals surface area contributed by atoms with Gasteiger partial charge < -0.3 is 10.1 Å². The quantitative estimate of drug-likeness (QED) is 0.299. The second-order valence-electron chi connectivity index (χ2n) is 6.05. The molecule has 3 amide bonds. The number of hydrogen-bond acceptors (Lipinski definition) is 4. The number of carbonyl (C=O) groups excluding carboxylic acids is 4. The van der Waals surface area contributed by atoms with E-state index in [1.807, 2.05) is 0 Å². The van der Waals surface area contributed by atoms with Crippen molar-refractivity contribution in [2.24, 2.45) is 0 Å². The predicted molar refractivity (Wildman–Crippen MR) is 91.1 cm³/mol. The molecule has 0 fully saturated rings. The largest absolute Gasteiger partial charge is 0.354 e. The van der Waals surface area contributed by atoms with E-state index in [1.54, 1.807) is 0 Å². The lowest BCUT2D eigenvalue weighted by atomic mass is 10.1. The summed E-state index contributed by atoms with van der Waals surface area (Å²) >= 11 is 0. The minimum atomic E-state index is -0.319. The van der Waals surface area contributed by atoms with Crippen LogP contribution in [-0.4, -0.2) is 42.0 Å². The second-order valence-corrected chi connectivity index (χ2v) is 6.05. The molecule has 0 aromatic heterocycles. The molecule has 0 bridgehead atoms. The first-order valence-electron chi connectivity index (χ1n) is 8.89. The molecule has 1 aliphatic heterocycles. The molecule has 134 valence electrons. The van der Waals surface area contributed by atoms with Crippen LogP contribution in [0.15, 0.2) is 12.2 Å². The van der Waals surface area contributed by atoms with Crippen LogP contribution < -0.4 is 5.32 Å². The molecule has 6 nitrogen and oxygen atoms in total. The smallest absolute Gasteiger partial charge is 0.253 e. The summed E-state index contributed by atoms with van der Waals surface area (Å²) in [7, 11) is 0. The molecule has 0 atom stereocenters. The van der Waals surface area contributed by atoms with Gasteiger partial charge in [0.15, 0.2) is 0 Å². The van der Waals surface area contributed by atoms with E-state index in [2.05, 4.69) is 5.32 Å². The van der Waals surface area contributed by atoms with Gasteiger partial charge in [-0.2, -0.15) is 0 Å². The number of nitrogens with zero attached hydrogens (tertiary/aromatic N) is 1. The third kappa shape index (κ3) is 8.60. The minimum Gasteiger partial charge on any atom is -0.354 e. The van der Waals surface area contributed by atoms with Crippen molar-refractivity contribution in [1.82, 2.24) is 10.2 Å². The fourth-order valence-electron chi connectivity index (χ4n) is 2.62. The van der Waals surface area contributed by atoms with Crippen molar-refractivity contribution in [3.63, 3.8) is 0 Å². The number of hydrogen-bond donors (Lipinski definition) is 1. The van der Waals surface area contributed by atoms with E-state index in [0.717, 1.165) is 43.3 Å². The molecule has 0 saturated heterocycles. The molecular weight excluding hydrogens is 308 g/mol. The Morgan fingerprint density at radius 3 is 2.04 bits per heavy atom. The molecule has 0 aliphatic carbocycles. The van der Waals surface area contributed by atoms with Crippen LogP contribution in [0.5, 0.6) is 0 Å². The molecule has 1 heterocycles. The highest BCUT2D eigenvalue weighted by molar-refractivity contribution is 6.12. The average Bonchev–Trinajstić information content (AvgIpc) is 2.88. The summed E-state index contributed by atoms with van der Waals surface area (Å²) in [5, 5.41) is 2.74. The monoisotopic (exact) mass is 336 g/mol. The lowest BCUT2D eigenvalue weighted by Gasteiger charge is -2.13. The molecule has 0 spiro atoms. The van der Waals surface area contributed by atoms with E-state index in [-0.39, 0.29) is 24.3 Å². The van der Waals surface area contributed by atoms with Gasteiger partial charge in [-0.25, -0.2) is 0 Å². The van der Waals surface area contributed by atoms with Crippen molar-refractivity contribution in [2.75, 3.05) is 13.1 Å². The molecule has 0 saturated carbocycles. The Kier molecular flexibility index (Phi) is 10.4. The number of imide groups is 1. The van der Waals surface area contributed by atoms with Gasteiger partial charge in [-0.1, -0.05) is 38.5 Å². The fraction of sp³-hybridized carbons (Fsp3) is 0.667. The normalized spacial score (nSPS) is 13.6. The first kappa shape index (κ1) is 20.1. The van der Waals surface area contributed by atoms with Gasteiger partial charge in [-0.3, -0.25) is 19.3 Å². The van der Waals surface area contributed by atoms with E-state index in [0.29, 0.717) is 19.4 Å². The van der Waals surface area contributed by atoms with Crippen LogP contribution in [0.2, 0.25) is 0 Å². The summed E-state index contributed by atoms with van der Waals surface area (Å²) in [4.78, 5) is 45.6. The third-order valence-corrected chi connectivity index (χ3v) is 4.03. The summed E-state index contributed by atoms with van der Waals surface area (Å²) < 4.78 is 0. The highest BCUT2D eigenvalue weighted by Crippen LogP contribution is 2.10. The Labute approximate surface area is 143 Å². The zero-order valence-corrected chi connectivity index (χ0v) is 14.3. The number of amides is 3. The highest BCUT2D eigenvalue weighted by atomic mass is 16.2. The van der Waals surface area contributed by atoms with Gasteiger partial charge in [0.2, 0.25) is 5.91 Å². The van der Waals surface area contributed by atoms with Crippen molar-refractivity contribution >= 4 is 24.0 Å². The molecule has 1 aliphatic rings. The zero-order valence-electron chi connectivity index (χ0n) is 14.3. The van der Waals surface area contributed by atoms with Gasteiger partial charge in [-0.05, 0) is 12.8 Å². The summed E-state index contributed by atoms with van der Waals surface area (Å²) in [6.45, 7) is 0.527. The zero-order chi connectivity index (χ0) is 17.6. The van der Waals surface area contributed by atoms with E-state index >= 15 is 0 Å². The van der Waals surface area contributed by atoms with E-state index in [1.165, 1.54) is 31.4 Å². The van der Waals surface area contributed by atoms with Crippen molar-refractivity contribution in [1.29, 1.82) is 0 Å². The van der Waals surface area contributed by atoms with Gasteiger partial charge in [0.25, 0.3) is 11.8 Å². The Morgan fingerprint density at radius 1 is 0.917 bits per heavy atom. The van der Waals surface area contributed by atoms with Gasteiger partial charge in [0.1, 0.15) is 6.29 Å². The van der Waals surface area contributed by atoms with Crippen LogP contribution in [0.25, 0.3) is 0 Å². The molecule has 1 N–H and O–H groups in total. The number of aldehydes is 1. The first-order chi connectivity index (χ1) is 11.6. The molecule has 0 aromatic carbocycles. The third-order valence-electron chi connectivity index (χ3n) is 4.03. The number of carbonyl (C=O) groups is 4. The topological polar surface area (TPSA) is 83.6 Å². The average molecular weight is 336 g/mol. The van der Waals surface area contributed by atoms with E-state index in [9.17, 15) is 19.2 Å². The summed E-state index contributed by atoms with van der Waals surface area (Å²) in [5.41, 5.74) is 0. The molecule has 24 heavy (non-hydrogen) atoms. The van der Waals surface area contributed by atoms with Crippen molar-refractivity contribution in [3.05, 3.63) is 12.2 Å². The Balaban J connectivity index is 1.89. The summed E-state index contributed by atoms with van der Waals surface area (Å²) in [6.07, 6.45) is 13.3. The maximum Gasteiger partial charge on any atom is 0.253 e. The first-order valence-corrected chi connectivity index (χ1v) is 8.89. The van der Waals surface area contributed by atoms with Crippen LogP contribution in [0.1, 0.15) is 64.2 Å². The highest BCUT2D eigenvalue weighted by Gasteiger charge is 2.22. The van der Waals surface area contributed by atoms with E-state index < -0.39 is 0 Å². The standard InChI is InChI=1S/C18H28N2O4/c21-15-9-7-5-3-1-2-4-6-8-10-16(22)19-13-14-20-17(23)11-12-18(20)24/h11-12,15H,1-10,13-14H2,(H,19,22). The number of rotatable bonds is 14. The fourth-order valence-corrected chi connectivity index (χ4v) is 2.62. The SMILES string of the molecule is O=CCCCCCCCCCCC(=O)NCCN1C(=O)C=CC1=O. The summed E-state index contributed by atoms with van der Waals surface area (Å²) in [5.74, 6) is -0.670. The lowest BCUT2D eigenvalue weighted by Crippen LogP contribution is -2.38. The van der Waals surface area contributed by atoms with Gasteiger partial charge in [-0.15, -0.1) is 0 Å². The van der Waals surface area contributed by atoms with Crippen LogP contribution in [0.4, 0.5) is 0 Å². The lowest BCUT2D eigenvalue weighted by molar-refractivity contribution is -0.137. The Morgan fingerprint density at radius 2 is 1.46 bits per heavy atom. The molecule has 6 heteroatoms. The maximum absolute atomic E-state index is 11.7. The van der Waals surface area contributed by atoms with Crippen LogP contribution >= 0.6 is 0 Å². The van der Waals surface area contributed by atoms with Gasteiger partial charge >= 0.3 is 0 Å². The molecule has 0 unspecified atom stereocenters. The minimum absolute atomic E-state index is 0.0316. The Hall–Kier alpha value is -1.98.